The Morgan fingerprint density at radius 2 is 2.03 bits per heavy atom. The molecule has 1 aromatic carbocycles. The highest BCUT2D eigenvalue weighted by atomic mass is 16.1. The zero-order valence-corrected chi connectivity index (χ0v) is 19.0. The number of carbonyl (C=O) groups is 1. The number of H-pyrrole nitrogens is 1. The molecule has 33 heavy (non-hydrogen) atoms. The Bertz CT molecular complexity index is 1460. The van der Waals surface area contributed by atoms with Gasteiger partial charge in [0.2, 0.25) is 0 Å². The van der Waals surface area contributed by atoms with Gasteiger partial charge in [0, 0.05) is 38.4 Å². The van der Waals surface area contributed by atoms with E-state index in [0.29, 0.717) is 11.2 Å². The highest BCUT2D eigenvalue weighted by molar-refractivity contribution is 5.92. The zero-order chi connectivity index (χ0) is 23.1. The fourth-order valence-corrected chi connectivity index (χ4v) is 4.46. The van der Waals surface area contributed by atoms with E-state index in [2.05, 4.69) is 50.4 Å². The minimum Gasteiger partial charge on any atom is -0.354 e. The third kappa shape index (κ3) is 3.82. The van der Waals surface area contributed by atoms with Gasteiger partial charge in [-0.1, -0.05) is 12.1 Å². The van der Waals surface area contributed by atoms with E-state index >= 15 is 0 Å². The molecule has 0 saturated heterocycles. The van der Waals surface area contributed by atoms with Crippen LogP contribution in [0.1, 0.15) is 39.2 Å². The first-order valence-electron chi connectivity index (χ1n) is 11.0. The second-order valence-electron chi connectivity index (χ2n) is 8.56. The van der Waals surface area contributed by atoms with Crippen LogP contribution in [0.25, 0.3) is 22.1 Å². The lowest BCUT2D eigenvalue weighted by atomic mass is 9.99. The first-order chi connectivity index (χ1) is 15.9. The minimum absolute atomic E-state index is 0.117. The van der Waals surface area contributed by atoms with E-state index in [1.54, 1.807) is 30.0 Å². The summed E-state index contributed by atoms with van der Waals surface area (Å²) >= 11 is 0. The number of nitrogens with one attached hydrogen (secondary N) is 2. The Morgan fingerprint density at radius 3 is 2.73 bits per heavy atom. The smallest absolute Gasteiger partial charge is 0.274 e. The summed E-state index contributed by atoms with van der Waals surface area (Å²) in [6, 6.07) is 7.90. The lowest BCUT2D eigenvalue weighted by Crippen LogP contribution is -2.28. The number of rotatable bonds is 4. The lowest BCUT2D eigenvalue weighted by molar-refractivity contribution is 0.0958. The Hall–Kier alpha value is -3.78. The Kier molecular flexibility index (Phi) is 5.30. The molecule has 0 unspecified atom stereocenters. The summed E-state index contributed by atoms with van der Waals surface area (Å²) in [5, 5.41) is 6.99. The Morgan fingerprint density at radius 1 is 1.18 bits per heavy atom. The van der Waals surface area contributed by atoms with Gasteiger partial charge in [-0.25, -0.2) is 4.52 Å². The first-order valence-corrected chi connectivity index (χ1v) is 11.0. The van der Waals surface area contributed by atoms with E-state index in [9.17, 15) is 9.59 Å². The summed E-state index contributed by atoms with van der Waals surface area (Å²) in [6.07, 6.45) is 6.65. The molecule has 4 heterocycles. The number of fused-ring (bicyclic) bond motifs is 3. The molecule has 1 aliphatic rings. The molecule has 0 atom stereocenters. The minimum atomic E-state index is -0.180. The van der Waals surface area contributed by atoms with E-state index < -0.39 is 0 Å². The zero-order valence-electron chi connectivity index (χ0n) is 19.0. The molecule has 1 aliphatic heterocycles. The summed E-state index contributed by atoms with van der Waals surface area (Å²) in [5.41, 5.74) is 8.15. The molecule has 0 bridgehead atoms. The molecule has 4 aromatic rings. The van der Waals surface area contributed by atoms with Crippen molar-refractivity contribution in [1.82, 2.24) is 29.8 Å². The number of benzene rings is 1. The number of aromatic nitrogens is 4. The molecule has 3 aromatic heterocycles. The number of nitrogens with zero attached hydrogens (tertiary/aromatic N) is 4. The molecule has 2 N–H and O–H groups in total. The number of carbonyl (C=O) groups excluding carboxylic acids is 1. The monoisotopic (exact) mass is 442 g/mol. The van der Waals surface area contributed by atoms with Gasteiger partial charge in [0.15, 0.2) is 0 Å². The van der Waals surface area contributed by atoms with Gasteiger partial charge in [0.25, 0.3) is 11.5 Å². The predicted molar refractivity (Wildman–Crippen MR) is 128 cm³/mol. The maximum absolute atomic E-state index is 12.5. The third-order valence-corrected chi connectivity index (χ3v) is 6.38. The molecule has 1 amide bonds. The van der Waals surface area contributed by atoms with Crippen LogP contribution in [-0.2, 0) is 6.54 Å². The van der Waals surface area contributed by atoms with Crippen LogP contribution in [0.15, 0.2) is 47.5 Å². The predicted octanol–water partition coefficient (Wildman–Crippen LogP) is 2.84. The maximum atomic E-state index is 12.5. The molecule has 0 fully saturated rings. The fraction of sp³-hybridized carbons (Fsp3) is 0.280. The summed E-state index contributed by atoms with van der Waals surface area (Å²) in [6.45, 7) is 6.56. The molecule has 0 spiro atoms. The fourth-order valence-electron chi connectivity index (χ4n) is 4.46. The second kappa shape index (κ2) is 8.29. The van der Waals surface area contributed by atoms with E-state index in [-0.39, 0.29) is 11.5 Å². The van der Waals surface area contributed by atoms with Crippen molar-refractivity contribution < 1.29 is 4.79 Å². The number of amides is 1. The largest absolute Gasteiger partial charge is 0.354 e. The van der Waals surface area contributed by atoms with Crippen molar-refractivity contribution in [2.45, 2.75) is 26.8 Å². The molecule has 5 rings (SSSR count). The Balaban J connectivity index is 1.36. The quantitative estimate of drug-likeness (QED) is 0.507. The summed E-state index contributed by atoms with van der Waals surface area (Å²) in [5.74, 6) is -0.180. The molecular formula is C25H26N6O2. The van der Waals surface area contributed by atoms with Gasteiger partial charge in [-0.15, -0.1) is 0 Å². The van der Waals surface area contributed by atoms with Crippen LogP contribution in [0.2, 0.25) is 0 Å². The molecule has 8 heteroatoms. The molecular weight excluding hydrogens is 416 g/mol. The standard InChI is InChI=1S/C25H26N6O2/c1-15-10-22-21(29-25(33)23-16(2)12-28-31(22)23)11-19(15)14-30-8-6-17(7-9-30)18-4-5-20(27-13-18)24(32)26-3/h4-6,10-13H,7-9,14H2,1-3H3,(H,26,32)(H,29,33). The average molecular weight is 443 g/mol. The first kappa shape index (κ1) is 21.1. The van der Waals surface area contributed by atoms with Crippen LogP contribution in [-0.4, -0.2) is 50.5 Å². The maximum Gasteiger partial charge on any atom is 0.274 e. The van der Waals surface area contributed by atoms with E-state index in [0.717, 1.165) is 48.2 Å². The van der Waals surface area contributed by atoms with Crippen LogP contribution in [0.4, 0.5) is 0 Å². The van der Waals surface area contributed by atoms with Gasteiger partial charge in [0.05, 0.1) is 17.2 Å². The van der Waals surface area contributed by atoms with Gasteiger partial charge in [-0.3, -0.25) is 19.5 Å². The summed E-state index contributed by atoms with van der Waals surface area (Å²) < 4.78 is 1.74. The molecule has 168 valence electrons. The molecule has 0 saturated carbocycles. The van der Waals surface area contributed by atoms with E-state index in [1.165, 1.54) is 16.7 Å². The van der Waals surface area contributed by atoms with Crippen molar-refractivity contribution in [3.05, 3.63) is 81.0 Å². The van der Waals surface area contributed by atoms with Gasteiger partial charge in [0.1, 0.15) is 11.2 Å². The van der Waals surface area contributed by atoms with E-state index in [1.807, 2.05) is 13.0 Å². The van der Waals surface area contributed by atoms with Crippen LogP contribution in [0.3, 0.4) is 0 Å². The van der Waals surface area contributed by atoms with Crippen molar-refractivity contribution in [1.29, 1.82) is 0 Å². The molecule has 0 radical (unpaired) electrons. The molecule has 0 aliphatic carbocycles. The highest BCUT2D eigenvalue weighted by Gasteiger charge is 2.17. The average Bonchev–Trinajstić information content (AvgIpc) is 3.23. The number of aromatic amines is 1. The SMILES string of the molecule is CNC(=O)c1ccc(C2=CCN(Cc3cc4[nH]c(=O)c5c(C)cnn5c4cc3C)CC2)cn1. The Labute approximate surface area is 191 Å². The van der Waals surface area contributed by atoms with Crippen molar-refractivity contribution in [2.75, 3.05) is 20.1 Å². The highest BCUT2D eigenvalue weighted by Crippen LogP contribution is 2.25. The topological polar surface area (TPSA) is 95.4 Å². The van der Waals surface area contributed by atoms with Crippen molar-refractivity contribution >= 4 is 28.0 Å². The van der Waals surface area contributed by atoms with Crippen molar-refractivity contribution in [3.63, 3.8) is 0 Å². The van der Waals surface area contributed by atoms with Gasteiger partial charge in [-0.2, -0.15) is 5.10 Å². The van der Waals surface area contributed by atoms with Crippen LogP contribution < -0.4 is 10.9 Å². The normalized spacial score (nSPS) is 14.6. The van der Waals surface area contributed by atoms with Crippen LogP contribution >= 0.6 is 0 Å². The lowest BCUT2D eigenvalue weighted by Gasteiger charge is -2.27. The summed E-state index contributed by atoms with van der Waals surface area (Å²) in [7, 11) is 1.60. The number of aryl methyl sites for hydroxylation is 2. The van der Waals surface area contributed by atoms with Crippen molar-refractivity contribution in [3.8, 4) is 0 Å². The third-order valence-electron chi connectivity index (χ3n) is 6.38. The van der Waals surface area contributed by atoms with Gasteiger partial charge < -0.3 is 10.3 Å². The number of hydrogen-bond donors (Lipinski definition) is 2. The van der Waals surface area contributed by atoms with Crippen LogP contribution in [0, 0.1) is 13.8 Å². The number of pyridine rings is 1. The molecule has 8 nitrogen and oxygen atoms in total. The van der Waals surface area contributed by atoms with Crippen LogP contribution in [0.5, 0.6) is 0 Å². The van der Waals surface area contributed by atoms with Gasteiger partial charge in [-0.05, 0) is 60.7 Å². The second-order valence-corrected chi connectivity index (χ2v) is 8.56. The van der Waals surface area contributed by atoms with Gasteiger partial charge >= 0.3 is 0 Å². The number of hydrogen-bond acceptors (Lipinski definition) is 5. The van der Waals surface area contributed by atoms with E-state index in [4.69, 9.17) is 0 Å². The summed E-state index contributed by atoms with van der Waals surface area (Å²) in [4.78, 5) is 33.9. The van der Waals surface area contributed by atoms with Crippen molar-refractivity contribution in [2.24, 2.45) is 0 Å².